The fraction of sp³-hybridized carbons (Fsp3) is 0.792. The maximum atomic E-state index is 13.1. The molecule has 0 fully saturated rings. The van der Waals surface area contributed by atoms with Gasteiger partial charge >= 0.3 is 5.97 Å². The number of nitrogens with one attached hydrogen (secondary N) is 1. The summed E-state index contributed by atoms with van der Waals surface area (Å²) in [5, 5.41) is 23.6. The number of hydrogen-bond acceptors (Lipinski definition) is 5. The van der Waals surface area contributed by atoms with Crippen molar-refractivity contribution < 1.29 is 24.5 Å². The van der Waals surface area contributed by atoms with E-state index in [1.54, 1.807) is 0 Å². The number of ether oxygens (including phenoxy) is 1. The number of rotatable bonds is 40. The molecule has 0 bridgehead atoms. The summed E-state index contributed by atoms with van der Waals surface area (Å²) >= 11 is 0. The van der Waals surface area contributed by atoms with E-state index in [1.165, 1.54) is 89.9 Å². The molecule has 0 aliphatic carbocycles. The van der Waals surface area contributed by atoms with Crippen molar-refractivity contribution in [1.29, 1.82) is 0 Å². The predicted molar refractivity (Wildman–Crippen MR) is 232 cm³/mol. The van der Waals surface area contributed by atoms with Crippen LogP contribution in [0.3, 0.4) is 0 Å². The van der Waals surface area contributed by atoms with E-state index in [2.05, 4.69) is 74.7 Å². The summed E-state index contributed by atoms with van der Waals surface area (Å²) in [7, 11) is 0. The summed E-state index contributed by atoms with van der Waals surface area (Å²) in [4.78, 5) is 25.9. The minimum atomic E-state index is -0.795. The molecule has 0 saturated heterocycles. The van der Waals surface area contributed by atoms with Crippen molar-refractivity contribution in [3.05, 3.63) is 48.6 Å². The lowest BCUT2D eigenvalue weighted by Gasteiger charge is -2.24. The predicted octanol–water partition coefficient (Wildman–Crippen LogP) is 13.1. The number of allylic oxidation sites excluding steroid dienone is 8. The van der Waals surface area contributed by atoms with Crippen LogP contribution in [-0.4, -0.2) is 46.9 Å². The largest absolute Gasteiger partial charge is 0.462 e. The van der Waals surface area contributed by atoms with Gasteiger partial charge in [0.2, 0.25) is 5.91 Å². The monoisotopic (exact) mass is 758 g/mol. The van der Waals surface area contributed by atoms with Gasteiger partial charge in [0.15, 0.2) is 0 Å². The zero-order valence-corrected chi connectivity index (χ0v) is 35.6. The smallest absolute Gasteiger partial charge is 0.306 e. The van der Waals surface area contributed by atoms with E-state index in [-0.39, 0.29) is 24.9 Å². The van der Waals surface area contributed by atoms with Crippen molar-refractivity contribution in [2.75, 3.05) is 6.61 Å². The van der Waals surface area contributed by atoms with Crippen LogP contribution in [0.25, 0.3) is 0 Å². The van der Waals surface area contributed by atoms with Crippen LogP contribution in [0, 0.1) is 0 Å². The topological polar surface area (TPSA) is 95.9 Å². The van der Waals surface area contributed by atoms with E-state index < -0.39 is 18.2 Å². The summed E-state index contributed by atoms with van der Waals surface area (Å²) in [5.74, 6) is -0.522. The highest BCUT2D eigenvalue weighted by Crippen LogP contribution is 2.17. The van der Waals surface area contributed by atoms with Gasteiger partial charge in [0.05, 0.1) is 25.2 Å². The van der Waals surface area contributed by atoms with E-state index in [4.69, 9.17) is 4.74 Å². The first-order valence-corrected chi connectivity index (χ1v) is 22.9. The number of hydrogen-bond donors (Lipinski definition) is 3. The SMILES string of the molecule is CCC/C=C\CCCCCCCC(=O)OC(CCCCC/C=C/C=C/C=C/CCCCCCC)CC(=O)NC(CO)C(O)CCCCCCCCCCC. The van der Waals surface area contributed by atoms with Crippen molar-refractivity contribution in [3.8, 4) is 0 Å². The lowest BCUT2D eigenvalue weighted by atomic mass is 10.0. The first kappa shape index (κ1) is 51.8. The van der Waals surface area contributed by atoms with Crippen LogP contribution >= 0.6 is 0 Å². The minimum Gasteiger partial charge on any atom is -0.462 e. The molecule has 0 spiro atoms. The highest BCUT2D eigenvalue weighted by molar-refractivity contribution is 5.77. The van der Waals surface area contributed by atoms with Gasteiger partial charge in [-0.2, -0.15) is 0 Å². The molecule has 0 aliphatic rings. The zero-order valence-electron chi connectivity index (χ0n) is 35.6. The zero-order chi connectivity index (χ0) is 39.6. The van der Waals surface area contributed by atoms with Crippen LogP contribution in [0.4, 0.5) is 0 Å². The molecular formula is C48H87NO5. The molecule has 314 valence electrons. The van der Waals surface area contributed by atoms with Gasteiger partial charge in [-0.3, -0.25) is 9.59 Å². The number of aliphatic hydroxyl groups excluding tert-OH is 2. The van der Waals surface area contributed by atoms with Crippen molar-refractivity contribution in [2.24, 2.45) is 0 Å². The average Bonchev–Trinajstić information content (AvgIpc) is 3.16. The third-order valence-electron chi connectivity index (χ3n) is 10.2. The lowest BCUT2D eigenvalue weighted by molar-refractivity contribution is -0.151. The summed E-state index contributed by atoms with van der Waals surface area (Å²) in [5.41, 5.74) is 0. The summed E-state index contributed by atoms with van der Waals surface area (Å²) in [6, 6.07) is -0.711. The summed E-state index contributed by atoms with van der Waals surface area (Å²) in [6.45, 7) is 6.36. The van der Waals surface area contributed by atoms with Crippen LogP contribution in [0.2, 0.25) is 0 Å². The highest BCUT2D eigenvalue weighted by Gasteiger charge is 2.24. The summed E-state index contributed by atoms with van der Waals surface area (Å²) < 4.78 is 5.87. The molecule has 0 radical (unpaired) electrons. The Bertz CT molecular complexity index is 941. The molecule has 3 N–H and O–H groups in total. The standard InChI is InChI=1S/C48H87NO5/c1-4-7-10-13-16-19-21-22-23-24-25-26-28-30-33-36-39-44(54-48(53)41-38-35-32-29-20-17-14-11-8-5-2)42-47(52)49-45(43-50)46(51)40-37-34-31-27-18-15-12-9-6-3/h11,14,21-26,44-46,50-51H,4-10,12-13,15-20,27-43H2,1-3H3,(H,49,52)/b14-11-,22-21+,24-23+,26-25+. The first-order valence-electron chi connectivity index (χ1n) is 22.9. The first-order chi connectivity index (χ1) is 26.5. The second-order valence-corrected chi connectivity index (χ2v) is 15.5. The van der Waals surface area contributed by atoms with E-state index in [0.717, 1.165) is 83.5 Å². The second-order valence-electron chi connectivity index (χ2n) is 15.5. The molecule has 0 aromatic carbocycles. The molecule has 3 unspecified atom stereocenters. The van der Waals surface area contributed by atoms with Gasteiger partial charge in [-0.15, -0.1) is 0 Å². The van der Waals surface area contributed by atoms with Crippen LogP contribution in [0.1, 0.15) is 220 Å². The Balaban J connectivity index is 4.69. The average molecular weight is 758 g/mol. The Morgan fingerprint density at radius 1 is 0.537 bits per heavy atom. The molecule has 0 aromatic heterocycles. The van der Waals surface area contributed by atoms with Crippen molar-refractivity contribution in [3.63, 3.8) is 0 Å². The fourth-order valence-corrected chi connectivity index (χ4v) is 6.67. The Morgan fingerprint density at radius 2 is 1.00 bits per heavy atom. The van der Waals surface area contributed by atoms with Gasteiger partial charge in [-0.25, -0.2) is 0 Å². The van der Waals surface area contributed by atoms with E-state index in [1.807, 2.05) is 0 Å². The van der Waals surface area contributed by atoms with Gasteiger partial charge in [0, 0.05) is 6.42 Å². The number of esters is 1. The minimum absolute atomic E-state index is 0.0511. The van der Waals surface area contributed by atoms with Crippen molar-refractivity contribution in [1.82, 2.24) is 5.32 Å². The molecule has 0 saturated carbocycles. The quantitative estimate of drug-likeness (QED) is 0.0250. The molecule has 0 aliphatic heterocycles. The van der Waals surface area contributed by atoms with Gasteiger partial charge in [0.25, 0.3) is 0 Å². The number of aliphatic hydroxyl groups is 2. The lowest BCUT2D eigenvalue weighted by Crippen LogP contribution is -2.46. The Morgan fingerprint density at radius 3 is 1.56 bits per heavy atom. The maximum absolute atomic E-state index is 13.1. The molecular weight excluding hydrogens is 671 g/mol. The van der Waals surface area contributed by atoms with Gasteiger partial charge in [-0.05, 0) is 70.6 Å². The molecule has 1 amide bonds. The number of amides is 1. The molecule has 0 aromatic rings. The summed E-state index contributed by atoms with van der Waals surface area (Å²) in [6.07, 6.45) is 48.9. The van der Waals surface area contributed by atoms with Gasteiger partial charge in [0.1, 0.15) is 6.10 Å². The van der Waals surface area contributed by atoms with Gasteiger partial charge < -0.3 is 20.3 Å². The number of carbonyl (C=O) groups excluding carboxylic acids is 2. The Kier molecular flexibility index (Phi) is 40.3. The molecule has 6 nitrogen and oxygen atoms in total. The van der Waals surface area contributed by atoms with Crippen LogP contribution < -0.4 is 5.32 Å². The number of carbonyl (C=O) groups is 2. The van der Waals surface area contributed by atoms with E-state index in [9.17, 15) is 19.8 Å². The number of unbranched alkanes of at least 4 members (excludes halogenated alkanes) is 22. The Labute approximate surface area is 334 Å². The third-order valence-corrected chi connectivity index (χ3v) is 10.2. The third kappa shape index (κ3) is 36.8. The van der Waals surface area contributed by atoms with Crippen molar-refractivity contribution >= 4 is 11.9 Å². The maximum Gasteiger partial charge on any atom is 0.306 e. The van der Waals surface area contributed by atoms with Gasteiger partial charge in [-0.1, -0.05) is 185 Å². The van der Waals surface area contributed by atoms with Crippen molar-refractivity contribution in [2.45, 2.75) is 238 Å². The highest BCUT2D eigenvalue weighted by atomic mass is 16.5. The molecule has 6 heteroatoms. The molecule has 0 rings (SSSR count). The second kappa shape index (κ2) is 42.0. The fourth-order valence-electron chi connectivity index (χ4n) is 6.67. The van der Waals surface area contributed by atoms with E-state index >= 15 is 0 Å². The molecule has 0 heterocycles. The van der Waals surface area contributed by atoms with Crippen LogP contribution in [0.15, 0.2) is 48.6 Å². The Hall–Kier alpha value is -2.18. The van der Waals surface area contributed by atoms with Crippen LogP contribution in [-0.2, 0) is 14.3 Å². The van der Waals surface area contributed by atoms with Crippen LogP contribution in [0.5, 0.6) is 0 Å². The van der Waals surface area contributed by atoms with E-state index in [0.29, 0.717) is 19.3 Å². The molecule has 54 heavy (non-hydrogen) atoms. The molecule has 3 atom stereocenters. The normalized spacial score (nSPS) is 13.8.